The van der Waals surface area contributed by atoms with Crippen molar-refractivity contribution in [1.29, 1.82) is 0 Å². The van der Waals surface area contributed by atoms with Gasteiger partial charge < -0.3 is 10.1 Å². The first-order valence-electron chi connectivity index (χ1n) is 5.27. The summed E-state index contributed by atoms with van der Waals surface area (Å²) in [5.74, 6) is 1.30. The highest BCUT2D eigenvalue weighted by Gasteiger charge is 2.22. The first kappa shape index (κ1) is 10.7. The van der Waals surface area contributed by atoms with Crippen LogP contribution in [0.25, 0.3) is 0 Å². The third-order valence-corrected chi connectivity index (χ3v) is 2.68. The Morgan fingerprint density at radius 3 is 2.88 bits per heavy atom. The second kappa shape index (κ2) is 4.38. The molecule has 0 bridgehead atoms. The summed E-state index contributed by atoms with van der Waals surface area (Å²) in [6, 6.07) is 4.73. The molecule has 0 aromatic heterocycles. The maximum absolute atomic E-state index is 10.8. The maximum Gasteiger partial charge on any atom is 0.292 e. The van der Waals surface area contributed by atoms with Gasteiger partial charge in [-0.1, -0.05) is 0 Å². The Morgan fingerprint density at radius 2 is 2.31 bits per heavy atom. The average molecular weight is 222 g/mol. The minimum atomic E-state index is -0.380. The number of ether oxygens (including phenoxy) is 1. The van der Waals surface area contributed by atoms with Crippen LogP contribution in [0.3, 0.4) is 0 Å². The number of anilines is 1. The lowest BCUT2D eigenvalue weighted by Gasteiger charge is -2.07. The zero-order valence-corrected chi connectivity index (χ0v) is 9.10. The quantitative estimate of drug-likeness (QED) is 0.613. The fourth-order valence-electron chi connectivity index (χ4n) is 1.52. The van der Waals surface area contributed by atoms with Crippen LogP contribution in [0.2, 0.25) is 0 Å². The van der Waals surface area contributed by atoms with Gasteiger partial charge in [0.05, 0.1) is 12.0 Å². The predicted molar refractivity (Wildman–Crippen MR) is 60.9 cm³/mol. The molecular formula is C11H14N2O3. The van der Waals surface area contributed by atoms with E-state index in [4.69, 9.17) is 4.74 Å². The van der Waals surface area contributed by atoms with E-state index in [1.54, 1.807) is 19.2 Å². The molecule has 1 saturated carbocycles. The number of hydrogen-bond acceptors (Lipinski definition) is 4. The molecule has 1 aromatic carbocycles. The van der Waals surface area contributed by atoms with Crippen LogP contribution >= 0.6 is 0 Å². The first-order valence-corrected chi connectivity index (χ1v) is 5.27. The lowest BCUT2D eigenvalue weighted by atomic mass is 10.2. The number of nitro groups is 1. The summed E-state index contributed by atoms with van der Waals surface area (Å²) >= 11 is 0. The summed E-state index contributed by atoms with van der Waals surface area (Å²) in [6.07, 6.45) is 2.43. The van der Waals surface area contributed by atoms with Crippen molar-refractivity contribution in [1.82, 2.24) is 0 Å². The largest absolute Gasteiger partial charge is 0.497 e. The van der Waals surface area contributed by atoms with E-state index >= 15 is 0 Å². The van der Waals surface area contributed by atoms with Gasteiger partial charge in [-0.15, -0.1) is 0 Å². The van der Waals surface area contributed by atoms with Crippen LogP contribution < -0.4 is 10.1 Å². The van der Waals surface area contributed by atoms with Crippen LogP contribution in [-0.4, -0.2) is 18.6 Å². The van der Waals surface area contributed by atoms with Gasteiger partial charge in [0.1, 0.15) is 11.4 Å². The van der Waals surface area contributed by atoms with E-state index in [1.807, 2.05) is 0 Å². The molecule has 0 amide bonds. The maximum atomic E-state index is 10.8. The fourth-order valence-corrected chi connectivity index (χ4v) is 1.52. The smallest absolute Gasteiger partial charge is 0.292 e. The zero-order chi connectivity index (χ0) is 11.5. The third-order valence-electron chi connectivity index (χ3n) is 2.68. The molecule has 86 valence electrons. The number of nitrogens with zero attached hydrogens (tertiary/aromatic N) is 1. The summed E-state index contributed by atoms with van der Waals surface area (Å²) in [6.45, 7) is 0.800. The molecule has 1 aromatic rings. The van der Waals surface area contributed by atoms with Crippen molar-refractivity contribution >= 4 is 11.4 Å². The molecule has 0 spiro atoms. The minimum absolute atomic E-state index is 0.0986. The second-order valence-corrected chi connectivity index (χ2v) is 3.96. The molecule has 2 rings (SSSR count). The Bertz CT molecular complexity index is 402. The molecule has 1 aliphatic rings. The van der Waals surface area contributed by atoms with Gasteiger partial charge in [0.2, 0.25) is 0 Å². The molecule has 0 unspecified atom stereocenters. The average Bonchev–Trinajstić information content (AvgIpc) is 3.09. The van der Waals surface area contributed by atoms with Gasteiger partial charge in [-0.05, 0) is 24.8 Å². The van der Waals surface area contributed by atoms with Crippen molar-refractivity contribution in [2.75, 3.05) is 19.0 Å². The van der Waals surface area contributed by atoms with Crippen molar-refractivity contribution in [3.63, 3.8) is 0 Å². The standard InChI is InChI=1S/C11H14N2O3/c1-16-9-4-5-11(13(14)15)10(6-9)12-7-8-2-3-8/h4-6,8,12H,2-3,7H2,1H3. The second-order valence-electron chi connectivity index (χ2n) is 3.96. The Morgan fingerprint density at radius 1 is 1.56 bits per heavy atom. The Labute approximate surface area is 93.6 Å². The van der Waals surface area contributed by atoms with Crippen molar-refractivity contribution in [2.24, 2.45) is 5.92 Å². The van der Waals surface area contributed by atoms with Crippen LogP contribution in [0.1, 0.15) is 12.8 Å². The van der Waals surface area contributed by atoms with Gasteiger partial charge in [0.25, 0.3) is 5.69 Å². The topological polar surface area (TPSA) is 64.4 Å². The lowest BCUT2D eigenvalue weighted by Crippen LogP contribution is -2.05. The number of nitrogens with one attached hydrogen (secondary N) is 1. The molecular weight excluding hydrogens is 208 g/mol. The van der Waals surface area contributed by atoms with Crippen LogP contribution in [-0.2, 0) is 0 Å². The van der Waals surface area contributed by atoms with Crippen LogP contribution in [0.15, 0.2) is 18.2 Å². The van der Waals surface area contributed by atoms with E-state index in [-0.39, 0.29) is 10.6 Å². The number of methoxy groups -OCH3 is 1. The summed E-state index contributed by atoms with van der Waals surface area (Å²) in [7, 11) is 1.55. The number of hydrogen-bond donors (Lipinski definition) is 1. The van der Waals surface area contributed by atoms with Crippen molar-refractivity contribution in [3.05, 3.63) is 28.3 Å². The Kier molecular flexibility index (Phi) is 2.94. The molecule has 0 atom stereocenters. The molecule has 1 aliphatic carbocycles. The van der Waals surface area contributed by atoms with E-state index in [0.717, 1.165) is 6.54 Å². The lowest BCUT2D eigenvalue weighted by molar-refractivity contribution is -0.384. The molecule has 0 heterocycles. The SMILES string of the molecule is COc1ccc([N+](=O)[O-])c(NCC2CC2)c1. The van der Waals surface area contributed by atoms with E-state index in [2.05, 4.69) is 5.32 Å². The monoisotopic (exact) mass is 222 g/mol. The molecule has 0 radical (unpaired) electrons. The molecule has 5 heteroatoms. The van der Waals surface area contributed by atoms with Gasteiger partial charge in [0.15, 0.2) is 0 Å². The molecule has 16 heavy (non-hydrogen) atoms. The Hall–Kier alpha value is -1.78. The molecule has 1 fully saturated rings. The molecule has 0 aliphatic heterocycles. The van der Waals surface area contributed by atoms with E-state index in [0.29, 0.717) is 17.4 Å². The predicted octanol–water partition coefficient (Wildman–Crippen LogP) is 2.43. The van der Waals surface area contributed by atoms with Crippen LogP contribution in [0, 0.1) is 16.0 Å². The van der Waals surface area contributed by atoms with Gasteiger partial charge in [-0.3, -0.25) is 10.1 Å². The number of benzene rings is 1. The van der Waals surface area contributed by atoms with Gasteiger partial charge in [0, 0.05) is 18.7 Å². The molecule has 5 nitrogen and oxygen atoms in total. The summed E-state index contributed by atoms with van der Waals surface area (Å²) in [5, 5.41) is 13.9. The van der Waals surface area contributed by atoms with Crippen LogP contribution in [0.4, 0.5) is 11.4 Å². The van der Waals surface area contributed by atoms with Gasteiger partial charge >= 0.3 is 0 Å². The highest BCUT2D eigenvalue weighted by Crippen LogP contribution is 2.32. The normalized spacial score (nSPS) is 14.6. The number of rotatable bonds is 5. The number of nitro benzene ring substituents is 1. The highest BCUT2D eigenvalue weighted by atomic mass is 16.6. The zero-order valence-electron chi connectivity index (χ0n) is 9.10. The summed E-state index contributed by atoms with van der Waals surface area (Å²) in [4.78, 5) is 10.4. The molecule has 1 N–H and O–H groups in total. The Balaban J connectivity index is 2.18. The van der Waals surface area contributed by atoms with Gasteiger partial charge in [-0.2, -0.15) is 0 Å². The van der Waals surface area contributed by atoms with Crippen molar-refractivity contribution in [3.8, 4) is 5.75 Å². The van der Waals surface area contributed by atoms with E-state index in [1.165, 1.54) is 18.9 Å². The van der Waals surface area contributed by atoms with Crippen molar-refractivity contribution < 1.29 is 9.66 Å². The summed E-state index contributed by atoms with van der Waals surface area (Å²) in [5.41, 5.74) is 0.637. The summed E-state index contributed by atoms with van der Waals surface area (Å²) < 4.78 is 5.05. The third kappa shape index (κ3) is 2.42. The van der Waals surface area contributed by atoms with Gasteiger partial charge in [-0.25, -0.2) is 0 Å². The molecule has 0 saturated heterocycles. The first-order chi connectivity index (χ1) is 7.70. The van der Waals surface area contributed by atoms with Crippen molar-refractivity contribution in [2.45, 2.75) is 12.8 Å². The van der Waals surface area contributed by atoms with E-state index < -0.39 is 0 Å². The fraction of sp³-hybridized carbons (Fsp3) is 0.455. The van der Waals surface area contributed by atoms with E-state index in [9.17, 15) is 10.1 Å². The minimum Gasteiger partial charge on any atom is -0.497 e. The van der Waals surface area contributed by atoms with Crippen LogP contribution in [0.5, 0.6) is 5.75 Å². The highest BCUT2D eigenvalue weighted by molar-refractivity contribution is 5.64.